The Morgan fingerprint density at radius 3 is 2.23 bits per heavy atom. The van der Waals surface area contributed by atoms with Gasteiger partial charge in [0.05, 0.1) is 0 Å². The van der Waals surface area contributed by atoms with Gasteiger partial charge in [0.2, 0.25) is 0 Å². The molecule has 3 nitrogen and oxygen atoms in total. The monoisotopic (exact) mass is 183 g/mol. The van der Waals surface area contributed by atoms with Gasteiger partial charge < -0.3 is 9.80 Å². The Balaban J connectivity index is 2.77. The van der Waals surface area contributed by atoms with Crippen molar-refractivity contribution >= 4 is 5.96 Å². The first-order valence-electron chi connectivity index (χ1n) is 5.08. The summed E-state index contributed by atoms with van der Waals surface area (Å²) in [5.74, 6) is 1.16. The largest absolute Gasteiger partial charge is 0.344 e. The van der Waals surface area contributed by atoms with E-state index in [4.69, 9.17) is 0 Å². The SMILES string of the molecule is CC(C)N=C1N(C)CCN1C(C)C. The van der Waals surface area contributed by atoms with Gasteiger partial charge in [0, 0.05) is 32.2 Å². The summed E-state index contributed by atoms with van der Waals surface area (Å²) in [4.78, 5) is 9.23. The van der Waals surface area contributed by atoms with Crippen LogP contribution in [0, 0.1) is 0 Å². The molecule has 0 aromatic carbocycles. The first-order valence-corrected chi connectivity index (χ1v) is 5.08. The summed E-state index contributed by atoms with van der Waals surface area (Å²) in [5, 5.41) is 0. The number of nitrogens with zero attached hydrogens (tertiary/aromatic N) is 3. The van der Waals surface area contributed by atoms with Crippen LogP contribution in [0.1, 0.15) is 27.7 Å². The quantitative estimate of drug-likeness (QED) is 0.644. The van der Waals surface area contributed by atoms with E-state index in [9.17, 15) is 0 Å². The Hall–Kier alpha value is -0.730. The van der Waals surface area contributed by atoms with Gasteiger partial charge in [0.25, 0.3) is 0 Å². The van der Waals surface area contributed by atoms with Crippen LogP contribution >= 0.6 is 0 Å². The van der Waals surface area contributed by atoms with Gasteiger partial charge >= 0.3 is 0 Å². The Labute approximate surface area is 81.4 Å². The van der Waals surface area contributed by atoms with E-state index in [2.05, 4.69) is 49.5 Å². The van der Waals surface area contributed by atoms with Gasteiger partial charge in [-0.15, -0.1) is 0 Å². The van der Waals surface area contributed by atoms with Crippen LogP contribution in [0.4, 0.5) is 0 Å². The number of aliphatic imine (C=N–C) groups is 1. The molecule has 0 radical (unpaired) electrons. The molecule has 0 amide bonds. The molecular weight excluding hydrogens is 162 g/mol. The molecular formula is C10H21N3. The molecule has 1 heterocycles. The molecule has 13 heavy (non-hydrogen) atoms. The van der Waals surface area contributed by atoms with Crippen LogP contribution in [-0.2, 0) is 0 Å². The van der Waals surface area contributed by atoms with Crippen molar-refractivity contribution in [2.24, 2.45) is 4.99 Å². The van der Waals surface area contributed by atoms with E-state index in [1.165, 1.54) is 0 Å². The van der Waals surface area contributed by atoms with Gasteiger partial charge in [-0.2, -0.15) is 0 Å². The van der Waals surface area contributed by atoms with Gasteiger partial charge in [0.15, 0.2) is 5.96 Å². The second-order valence-electron chi connectivity index (χ2n) is 4.23. The Kier molecular flexibility index (Phi) is 3.17. The standard InChI is InChI=1S/C10H21N3/c1-8(2)11-10-12(5)6-7-13(10)9(3)4/h8-9H,6-7H2,1-5H3. The van der Waals surface area contributed by atoms with Crippen molar-refractivity contribution < 1.29 is 0 Å². The fraction of sp³-hybridized carbons (Fsp3) is 0.900. The lowest BCUT2D eigenvalue weighted by Gasteiger charge is -2.25. The third-order valence-corrected chi connectivity index (χ3v) is 2.27. The number of guanidine groups is 1. The fourth-order valence-corrected chi connectivity index (χ4v) is 1.57. The summed E-state index contributed by atoms with van der Waals surface area (Å²) in [6.07, 6.45) is 0. The van der Waals surface area contributed by atoms with E-state index in [-0.39, 0.29) is 0 Å². The molecule has 0 atom stereocenters. The van der Waals surface area contributed by atoms with Gasteiger partial charge in [0.1, 0.15) is 0 Å². The van der Waals surface area contributed by atoms with Crippen molar-refractivity contribution in [3.05, 3.63) is 0 Å². The zero-order valence-electron chi connectivity index (χ0n) is 9.41. The van der Waals surface area contributed by atoms with Gasteiger partial charge in [-0.3, -0.25) is 4.99 Å². The van der Waals surface area contributed by atoms with Gasteiger partial charge in [-0.25, -0.2) is 0 Å². The number of likely N-dealkylation sites (N-methyl/N-ethyl adjacent to an activating group) is 1. The molecule has 0 aromatic rings. The zero-order valence-corrected chi connectivity index (χ0v) is 9.41. The Morgan fingerprint density at radius 1 is 1.15 bits per heavy atom. The van der Waals surface area contributed by atoms with Crippen molar-refractivity contribution in [1.29, 1.82) is 0 Å². The lowest BCUT2D eigenvalue weighted by Crippen LogP contribution is -2.37. The molecule has 0 bridgehead atoms. The molecule has 0 spiro atoms. The van der Waals surface area contributed by atoms with Crippen LogP contribution < -0.4 is 0 Å². The summed E-state index contributed by atoms with van der Waals surface area (Å²) < 4.78 is 0. The minimum atomic E-state index is 0.386. The maximum Gasteiger partial charge on any atom is 0.196 e. The van der Waals surface area contributed by atoms with Crippen molar-refractivity contribution in [2.45, 2.75) is 39.8 Å². The minimum Gasteiger partial charge on any atom is -0.344 e. The molecule has 0 aliphatic carbocycles. The van der Waals surface area contributed by atoms with Crippen LogP contribution in [0.15, 0.2) is 4.99 Å². The Morgan fingerprint density at radius 2 is 1.77 bits per heavy atom. The molecule has 3 heteroatoms. The van der Waals surface area contributed by atoms with Gasteiger partial charge in [-0.05, 0) is 27.7 Å². The summed E-state index contributed by atoms with van der Waals surface area (Å²) in [7, 11) is 2.11. The first-order chi connectivity index (χ1) is 6.02. The van der Waals surface area contributed by atoms with Crippen molar-refractivity contribution in [3.63, 3.8) is 0 Å². The van der Waals surface area contributed by atoms with E-state index in [1.54, 1.807) is 0 Å². The highest BCUT2D eigenvalue weighted by Crippen LogP contribution is 2.11. The van der Waals surface area contributed by atoms with Crippen LogP contribution in [0.2, 0.25) is 0 Å². The predicted molar refractivity (Wildman–Crippen MR) is 57.0 cm³/mol. The third-order valence-electron chi connectivity index (χ3n) is 2.27. The molecule has 1 rings (SSSR count). The molecule has 1 fully saturated rings. The highest BCUT2D eigenvalue weighted by Gasteiger charge is 2.25. The zero-order chi connectivity index (χ0) is 10.0. The molecule has 1 saturated heterocycles. The molecule has 1 aliphatic rings. The lowest BCUT2D eigenvalue weighted by molar-refractivity contribution is 0.381. The summed E-state index contributed by atoms with van der Waals surface area (Å²) >= 11 is 0. The number of rotatable bonds is 2. The van der Waals surface area contributed by atoms with Crippen molar-refractivity contribution in [3.8, 4) is 0 Å². The number of hydrogen-bond donors (Lipinski definition) is 0. The normalized spacial score (nSPS) is 21.3. The van der Waals surface area contributed by atoms with Crippen molar-refractivity contribution in [2.75, 3.05) is 20.1 Å². The molecule has 1 aliphatic heterocycles. The summed E-state index contributed by atoms with van der Waals surface area (Å²) in [5.41, 5.74) is 0. The van der Waals surface area contributed by atoms with Crippen LogP contribution in [0.5, 0.6) is 0 Å². The topological polar surface area (TPSA) is 18.8 Å². The number of hydrogen-bond acceptors (Lipinski definition) is 1. The van der Waals surface area contributed by atoms with E-state index >= 15 is 0 Å². The second-order valence-corrected chi connectivity index (χ2v) is 4.23. The first kappa shape index (κ1) is 10.4. The van der Waals surface area contributed by atoms with E-state index in [0.29, 0.717) is 12.1 Å². The lowest BCUT2D eigenvalue weighted by atomic mass is 10.3. The van der Waals surface area contributed by atoms with Crippen molar-refractivity contribution in [1.82, 2.24) is 9.80 Å². The van der Waals surface area contributed by atoms with E-state index in [0.717, 1.165) is 19.0 Å². The van der Waals surface area contributed by atoms with E-state index < -0.39 is 0 Å². The molecule has 0 unspecified atom stereocenters. The Bertz CT molecular complexity index is 196. The molecule has 0 aromatic heterocycles. The minimum absolute atomic E-state index is 0.386. The smallest absolute Gasteiger partial charge is 0.196 e. The highest BCUT2D eigenvalue weighted by molar-refractivity contribution is 5.82. The highest BCUT2D eigenvalue weighted by atomic mass is 15.4. The molecule has 0 saturated carbocycles. The van der Waals surface area contributed by atoms with E-state index in [1.807, 2.05) is 0 Å². The third kappa shape index (κ3) is 2.36. The maximum absolute atomic E-state index is 4.63. The van der Waals surface area contributed by atoms with Crippen LogP contribution in [-0.4, -0.2) is 48.0 Å². The predicted octanol–water partition coefficient (Wildman–Crippen LogP) is 1.41. The average Bonchev–Trinajstić information content (AvgIpc) is 2.32. The maximum atomic E-state index is 4.63. The molecule has 0 N–H and O–H groups in total. The van der Waals surface area contributed by atoms with Crippen LogP contribution in [0.25, 0.3) is 0 Å². The summed E-state index contributed by atoms with van der Waals surface area (Å²) in [6.45, 7) is 10.9. The van der Waals surface area contributed by atoms with Crippen LogP contribution in [0.3, 0.4) is 0 Å². The fourth-order valence-electron chi connectivity index (χ4n) is 1.57. The van der Waals surface area contributed by atoms with Gasteiger partial charge in [-0.1, -0.05) is 0 Å². The average molecular weight is 183 g/mol. The second kappa shape index (κ2) is 3.99. The summed E-state index contributed by atoms with van der Waals surface area (Å²) in [6, 6.07) is 0.944. The molecule has 76 valence electrons.